The molecule has 3 N–H and O–H groups in total. The number of rotatable bonds is 4. The molecule has 0 atom stereocenters. The highest BCUT2D eigenvalue weighted by Gasteiger charge is 2.15. The number of aryl methyl sites for hydroxylation is 2. The third kappa shape index (κ3) is 12.3. The van der Waals surface area contributed by atoms with Crippen molar-refractivity contribution in [2.45, 2.75) is 34.6 Å². The Morgan fingerprint density at radius 3 is 2.15 bits per heavy atom. The molecule has 0 aliphatic carbocycles. The van der Waals surface area contributed by atoms with Crippen molar-refractivity contribution in [3.8, 4) is 0 Å². The van der Waals surface area contributed by atoms with Crippen molar-refractivity contribution in [1.29, 1.82) is 0 Å². The van der Waals surface area contributed by atoms with Crippen molar-refractivity contribution in [2.24, 2.45) is 12.8 Å². The highest BCUT2D eigenvalue weighted by atomic mass is 79.9. The first-order valence-corrected chi connectivity index (χ1v) is 11.5. The number of carbonyl (C=O) groups excluding carboxylic acids is 2. The number of nitrogens with zero attached hydrogens (tertiary/aromatic N) is 3. The van der Waals surface area contributed by atoms with Crippen LogP contribution in [0.1, 0.15) is 54.1 Å². The van der Waals surface area contributed by atoms with E-state index in [1.165, 1.54) is 9.58 Å². The lowest BCUT2D eigenvalue weighted by atomic mass is 10.1. The van der Waals surface area contributed by atoms with Crippen LogP contribution in [0.2, 0.25) is 5.02 Å². The first kappa shape index (κ1) is 32.6. The van der Waals surface area contributed by atoms with Crippen molar-refractivity contribution in [2.75, 3.05) is 26.5 Å². The van der Waals surface area contributed by atoms with Crippen LogP contribution < -0.4 is 11.1 Å². The van der Waals surface area contributed by atoms with Gasteiger partial charge in [0.25, 0.3) is 5.91 Å². The normalized spacial score (nSPS) is 10.1. The van der Waals surface area contributed by atoms with Gasteiger partial charge in [-0.2, -0.15) is 5.10 Å². The zero-order chi connectivity index (χ0) is 26.1. The van der Waals surface area contributed by atoms with E-state index in [-0.39, 0.29) is 5.91 Å². The molecular formula is C24H37BrClN5O2. The van der Waals surface area contributed by atoms with Gasteiger partial charge in [-0.3, -0.25) is 14.3 Å². The van der Waals surface area contributed by atoms with Crippen LogP contribution in [-0.4, -0.2) is 48.0 Å². The predicted molar refractivity (Wildman–Crippen MR) is 144 cm³/mol. The van der Waals surface area contributed by atoms with Crippen LogP contribution in [0.25, 0.3) is 0 Å². The zero-order valence-corrected chi connectivity index (χ0v) is 23.4. The van der Waals surface area contributed by atoms with Gasteiger partial charge in [0, 0.05) is 34.3 Å². The molecule has 33 heavy (non-hydrogen) atoms. The Kier molecular flexibility index (Phi) is 17.7. The number of halogens is 2. The molecule has 2 aromatic rings. The van der Waals surface area contributed by atoms with Gasteiger partial charge in [0.2, 0.25) is 0 Å². The number of nitrogens with one attached hydrogen (secondary N) is 1. The van der Waals surface area contributed by atoms with Gasteiger partial charge in [0.05, 0.1) is 16.3 Å². The largest absolute Gasteiger partial charge is 0.404 e. The Labute approximate surface area is 211 Å². The second-order valence-corrected chi connectivity index (χ2v) is 7.88. The summed E-state index contributed by atoms with van der Waals surface area (Å²) < 4.78 is 2.20. The van der Waals surface area contributed by atoms with Gasteiger partial charge in [-0.05, 0) is 66.2 Å². The average Bonchev–Trinajstić information content (AvgIpc) is 3.12. The first-order valence-electron chi connectivity index (χ1n) is 10.4. The number of anilines is 1. The second-order valence-electron chi connectivity index (χ2n) is 6.66. The number of amides is 1. The molecule has 0 radical (unpaired) electrons. The summed E-state index contributed by atoms with van der Waals surface area (Å²) in [5.74, 6) is -0.0510. The van der Waals surface area contributed by atoms with Gasteiger partial charge in [-0.1, -0.05) is 37.6 Å². The molecule has 1 aromatic carbocycles. The maximum Gasteiger partial charge on any atom is 0.255 e. The lowest BCUT2D eigenvalue weighted by molar-refractivity contribution is 0.0828. The molecule has 0 spiro atoms. The average molecular weight is 543 g/mol. The summed E-state index contributed by atoms with van der Waals surface area (Å²) >= 11 is 9.18. The minimum absolute atomic E-state index is 0.0510. The highest BCUT2D eigenvalue weighted by molar-refractivity contribution is 9.10. The Balaban J connectivity index is 0. The summed E-state index contributed by atoms with van der Waals surface area (Å²) in [5.41, 5.74) is 9.08. The van der Waals surface area contributed by atoms with E-state index in [4.69, 9.17) is 17.3 Å². The molecule has 0 fully saturated rings. The smallest absolute Gasteiger partial charge is 0.255 e. The molecule has 0 aliphatic rings. The summed E-state index contributed by atoms with van der Waals surface area (Å²) in [6.45, 7) is 9.84. The number of allylic oxidation sites excluding steroid dienone is 3. The van der Waals surface area contributed by atoms with Crippen molar-refractivity contribution < 1.29 is 9.59 Å². The molecule has 1 amide bonds. The Bertz CT molecular complexity index is 937. The Hall–Kier alpha value is -2.58. The monoisotopic (exact) mass is 541 g/mol. The SMILES string of the molecule is C/C=C\C(C)=C/N.CC.CNc1c(Cl)cc(C)cc1C(=O)N(C)C.Cn1nc(Br)cc1C=O. The number of carbonyl (C=O) groups is 2. The topological polar surface area (TPSA) is 93.2 Å². The number of nitrogens with two attached hydrogens (primary N) is 1. The molecule has 1 aromatic heterocycles. The molecule has 0 bridgehead atoms. The molecule has 7 nitrogen and oxygen atoms in total. The summed E-state index contributed by atoms with van der Waals surface area (Å²) in [6.07, 6.45) is 6.26. The zero-order valence-electron chi connectivity index (χ0n) is 21.0. The number of hydrogen-bond acceptors (Lipinski definition) is 5. The van der Waals surface area contributed by atoms with Crippen molar-refractivity contribution in [3.63, 3.8) is 0 Å². The molecule has 0 saturated heterocycles. The fraction of sp³-hybridized carbons (Fsp3) is 0.375. The van der Waals surface area contributed by atoms with E-state index in [0.29, 0.717) is 26.6 Å². The molecule has 0 saturated carbocycles. The lowest BCUT2D eigenvalue weighted by Gasteiger charge is -2.15. The summed E-state index contributed by atoms with van der Waals surface area (Å²) in [6, 6.07) is 5.33. The van der Waals surface area contributed by atoms with E-state index in [0.717, 1.165) is 17.4 Å². The summed E-state index contributed by atoms with van der Waals surface area (Å²) in [5, 5.41) is 7.40. The van der Waals surface area contributed by atoms with E-state index >= 15 is 0 Å². The number of aromatic nitrogens is 2. The third-order valence-electron chi connectivity index (χ3n) is 3.82. The predicted octanol–water partition coefficient (Wildman–Crippen LogP) is 5.84. The van der Waals surface area contributed by atoms with Crippen LogP contribution in [0.4, 0.5) is 5.69 Å². The van der Waals surface area contributed by atoms with Crippen molar-refractivity contribution in [3.05, 3.63) is 68.6 Å². The Morgan fingerprint density at radius 1 is 1.27 bits per heavy atom. The number of aldehydes is 1. The number of hydrogen-bond donors (Lipinski definition) is 2. The quantitative estimate of drug-likeness (QED) is 0.374. The van der Waals surface area contributed by atoms with Crippen LogP contribution in [0, 0.1) is 6.92 Å². The molecule has 0 aliphatic heterocycles. The molecule has 0 unspecified atom stereocenters. The maximum absolute atomic E-state index is 11.9. The minimum Gasteiger partial charge on any atom is -0.404 e. The standard InChI is InChI=1S/C11H15ClN2O.C6H11N.C5H5BrN2O.C2H6/c1-7-5-8(11(15)14(3)4)10(13-2)9(12)6-7;1-3-4-6(2)5-7;1-8-4(3-9)2-5(6)7-8;1-2/h5-6,13H,1-4H3;3-5H,7H2,1-2H3;2-3H,1H3;1-2H3/b;4-3-,6-5-;;. The Morgan fingerprint density at radius 2 is 1.85 bits per heavy atom. The highest BCUT2D eigenvalue weighted by Crippen LogP contribution is 2.28. The molecule has 2 rings (SSSR count). The van der Waals surface area contributed by atoms with Crippen LogP contribution in [0.5, 0.6) is 0 Å². The van der Waals surface area contributed by atoms with Gasteiger partial charge >= 0.3 is 0 Å². The van der Waals surface area contributed by atoms with Crippen LogP contribution in [0.15, 0.2) is 46.7 Å². The van der Waals surface area contributed by atoms with Gasteiger partial charge in [-0.15, -0.1) is 0 Å². The second kappa shape index (κ2) is 17.9. The molecule has 1 heterocycles. The van der Waals surface area contributed by atoms with E-state index in [9.17, 15) is 9.59 Å². The molecule has 184 valence electrons. The van der Waals surface area contributed by atoms with E-state index in [1.54, 1.807) is 40.5 Å². The summed E-state index contributed by atoms with van der Waals surface area (Å²) in [7, 11) is 6.91. The van der Waals surface area contributed by atoms with E-state index < -0.39 is 0 Å². The maximum atomic E-state index is 11.9. The number of benzene rings is 1. The van der Waals surface area contributed by atoms with Gasteiger partial charge in [-0.25, -0.2) is 0 Å². The van der Waals surface area contributed by atoms with E-state index in [2.05, 4.69) is 26.3 Å². The third-order valence-corrected chi connectivity index (χ3v) is 4.51. The summed E-state index contributed by atoms with van der Waals surface area (Å²) in [4.78, 5) is 23.5. The fourth-order valence-corrected chi connectivity index (χ4v) is 3.12. The van der Waals surface area contributed by atoms with Crippen LogP contribution in [-0.2, 0) is 7.05 Å². The van der Waals surface area contributed by atoms with E-state index in [1.807, 2.05) is 58.9 Å². The van der Waals surface area contributed by atoms with Crippen molar-refractivity contribution in [1.82, 2.24) is 14.7 Å². The lowest BCUT2D eigenvalue weighted by Crippen LogP contribution is -2.23. The molecular weight excluding hydrogens is 506 g/mol. The minimum atomic E-state index is -0.0510. The van der Waals surface area contributed by atoms with Crippen molar-refractivity contribution >= 4 is 45.4 Å². The van der Waals surface area contributed by atoms with Gasteiger partial charge < -0.3 is 16.0 Å². The fourth-order valence-electron chi connectivity index (χ4n) is 2.28. The first-order chi connectivity index (χ1) is 15.5. The van der Waals surface area contributed by atoms with Crippen LogP contribution in [0.3, 0.4) is 0 Å². The molecule has 9 heteroatoms. The van der Waals surface area contributed by atoms with Gasteiger partial charge in [0.1, 0.15) is 10.3 Å². The van der Waals surface area contributed by atoms with Crippen LogP contribution >= 0.6 is 27.5 Å². The van der Waals surface area contributed by atoms with Gasteiger partial charge in [0.15, 0.2) is 6.29 Å².